The molecule has 0 heterocycles. The monoisotopic (exact) mass is 289 g/mol. The highest BCUT2D eigenvalue weighted by atomic mass is 19.1. The summed E-state index contributed by atoms with van der Waals surface area (Å²) in [4.78, 5) is 12.1. The van der Waals surface area contributed by atoms with Gasteiger partial charge in [0.15, 0.2) is 0 Å². The molecule has 1 aliphatic carbocycles. The highest BCUT2D eigenvalue weighted by Crippen LogP contribution is 2.29. The molecule has 21 heavy (non-hydrogen) atoms. The Kier molecular flexibility index (Phi) is 5.35. The van der Waals surface area contributed by atoms with E-state index < -0.39 is 5.82 Å². The molecule has 3 nitrogen and oxygen atoms in total. The molecular weight excluding hydrogens is 269 g/mol. The lowest BCUT2D eigenvalue weighted by Gasteiger charge is -2.25. The fraction of sp³-hybridized carbons (Fsp3) is 0.471. The fourth-order valence-corrected chi connectivity index (χ4v) is 2.60. The summed E-state index contributed by atoms with van der Waals surface area (Å²) in [7, 11) is 0. The Morgan fingerprint density at radius 1 is 1.38 bits per heavy atom. The van der Waals surface area contributed by atoms with Crippen LogP contribution in [0.2, 0.25) is 0 Å². The molecule has 0 unspecified atom stereocenters. The summed E-state index contributed by atoms with van der Waals surface area (Å²) in [6.07, 6.45) is 3.94. The maximum atomic E-state index is 13.8. The molecule has 2 rings (SSSR count). The first-order chi connectivity index (χ1) is 10.1. The number of halogens is 1. The molecule has 1 aromatic rings. The van der Waals surface area contributed by atoms with Crippen molar-refractivity contribution in [3.63, 3.8) is 0 Å². The average molecular weight is 289 g/mol. The zero-order valence-corrected chi connectivity index (χ0v) is 12.2. The van der Waals surface area contributed by atoms with Gasteiger partial charge in [-0.25, -0.2) is 4.39 Å². The molecule has 1 saturated carbocycles. The Hall–Kier alpha value is -1.86. The van der Waals surface area contributed by atoms with Crippen LogP contribution in [0.1, 0.15) is 38.2 Å². The molecule has 0 spiro atoms. The van der Waals surface area contributed by atoms with Crippen LogP contribution >= 0.6 is 0 Å². The molecule has 1 aliphatic rings. The Balaban J connectivity index is 1.99. The fourth-order valence-electron chi connectivity index (χ4n) is 2.60. The molecule has 0 radical (unpaired) electrons. The number of aliphatic hydroxyl groups excluding tert-OH is 1. The van der Waals surface area contributed by atoms with Crippen molar-refractivity contribution >= 4 is 11.6 Å². The quantitative estimate of drug-likeness (QED) is 0.822. The predicted octanol–water partition coefficient (Wildman–Crippen LogP) is 2.93. The third kappa shape index (κ3) is 4.30. The minimum atomic E-state index is -0.494. The van der Waals surface area contributed by atoms with E-state index in [0.717, 1.165) is 25.7 Å². The van der Waals surface area contributed by atoms with Crippen LogP contribution < -0.4 is 5.32 Å². The smallest absolute Gasteiger partial charge is 0.227 e. The SMILES string of the molecule is CC1CCC(C(=O)Nc2ccc(C#CCO)c(F)c2)CC1. The van der Waals surface area contributed by atoms with E-state index in [2.05, 4.69) is 24.1 Å². The van der Waals surface area contributed by atoms with Crippen LogP contribution in [-0.4, -0.2) is 17.6 Å². The lowest BCUT2D eigenvalue weighted by Crippen LogP contribution is -2.26. The number of aliphatic hydroxyl groups is 1. The number of nitrogens with one attached hydrogen (secondary N) is 1. The van der Waals surface area contributed by atoms with Gasteiger partial charge in [0.1, 0.15) is 12.4 Å². The summed E-state index contributed by atoms with van der Waals surface area (Å²) < 4.78 is 13.8. The van der Waals surface area contributed by atoms with E-state index in [9.17, 15) is 9.18 Å². The molecule has 0 saturated heterocycles. The van der Waals surface area contributed by atoms with Crippen molar-refractivity contribution in [2.24, 2.45) is 11.8 Å². The van der Waals surface area contributed by atoms with Crippen molar-refractivity contribution in [2.75, 3.05) is 11.9 Å². The lowest BCUT2D eigenvalue weighted by molar-refractivity contribution is -0.121. The molecule has 4 heteroatoms. The largest absolute Gasteiger partial charge is 0.384 e. The van der Waals surface area contributed by atoms with Gasteiger partial charge in [-0.3, -0.25) is 4.79 Å². The molecule has 0 bridgehead atoms. The number of carbonyl (C=O) groups is 1. The van der Waals surface area contributed by atoms with Crippen LogP contribution in [-0.2, 0) is 4.79 Å². The van der Waals surface area contributed by atoms with Gasteiger partial charge in [0.25, 0.3) is 0 Å². The summed E-state index contributed by atoms with van der Waals surface area (Å²) in [5, 5.41) is 11.4. The lowest BCUT2D eigenvalue weighted by atomic mass is 9.82. The first-order valence-electron chi connectivity index (χ1n) is 7.30. The van der Waals surface area contributed by atoms with E-state index in [-0.39, 0.29) is 24.0 Å². The molecule has 1 amide bonds. The molecular formula is C17H20FNO2. The van der Waals surface area contributed by atoms with Gasteiger partial charge < -0.3 is 10.4 Å². The third-order valence-electron chi connectivity index (χ3n) is 3.93. The number of anilines is 1. The number of hydrogen-bond acceptors (Lipinski definition) is 2. The van der Waals surface area contributed by atoms with Crippen LogP contribution in [0.3, 0.4) is 0 Å². The summed E-state index contributed by atoms with van der Waals surface area (Å²) in [6, 6.07) is 4.41. The van der Waals surface area contributed by atoms with E-state index in [4.69, 9.17) is 5.11 Å². The second-order valence-corrected chi connectivity index (χ2v) is 5.60. The van der Waals surface area contributed by atoms with Gasteiger partial charge in [-0.1, -0.05) is 18.8 Å². The molecule has 0 aliphatic heterocycles. The van der Waals surface area contributed by atoms with Crippen LogP contribution in [0.25, 0.3) is 0 Å². The highest BCUT2D eigenvalue weighted by molar-refractivity contribution is 5.92. The van der Waals surface area contributed by atoms with E-state index >= 15 is 0 Å². The van der Waals surface area contributed by atoms with Crippen LogP contribution in [0.15, 0.2) is 18.2 Å². The van der Waals surface area contributed by atoms with E-state index in [0.29, 0.717) is 11.6 Å². The van der Waals surface area contributed by atoms with Gasteiger partial charge in [-0.2, -0.15) is 0 Å². The van der Waals surface area contributed by atoms with Crippen molar-refractivity contribution in [1.82, 2.24) is 0 Å². The molecule has 0 atom stereocenters. The second-order valence-electron chi connectivity index (χ2n) is 5.60. The zero-order chi connectivity index (χ0) is 15.2. The summed E-state index contributed by atoms with van der Waals surface area (Å²) in [6.45, 7) is 1.90. The minimum Gasteiger partial charge on any atom is -0.384 e. The van der Waals surface area contributed by atoms with Crippen molar-refractivity contribution < 1.29 is 14.3 Å². The molecule has 1 fully saturated rings. The van der Waals surface area contributed by atoms with Crippen LogP contribution in [0.5, 0.6) is 0 Å². The average Bonchev–Trinajstić information content (AvgIpc) is 2.47. The van der Waals surface area contributed by atoms with Crippen LogP contribution in [0, 0.1) is 29.5 Å². The van der Waals surface area contributed by atoms with E-state index in [1.807, 2.05) is 0 Å². The number of rotatable bonds is 2. The Labute approximate surface area is 124 Å². The van der Waals surface area contributed by atoms with Crippen molar-refractivity contribution in [3.8, 4) is 11.8 Å². The summed E-state index contributed by atoms with van der Waals surface area (Å²) in [5.41, 5.74) is 0.666. The minimum absolute atomic E-state index is 0.0260. The molecule has 2 N–H and O–H groups in total. The predicted molar refractivity (Wildman–Crippen MR) is 80.1 cm³/mol. The van der Waals surface area contributed by atoms with E-state index in [1.165, 1.54) is 12.1 Å². The molecule has 1 aromatic carbocycles. The topological polar surface area (TPSA) is 49.3 Å². The number of carbonyl (C=O) groups excluding carboxylic acids is 1. The Morgan fingerprint density at radius 2 is 2.10 bits per heavy atom. The van der Waals surface area contributed by atoms with Crippen molar-refractivity contribution in [3.05, 3.63) is 29.6 Å². The summed E-state index contributed by atoms with van der Waals surface area (Å²) in [5.74, 6) is 5.11. The van der Waals surface area contributed by atoms with Crippen molar-refractivity contribution in [2.45, 2.75) is 32.6 Å². The highest BCUT2D eigenvalue weighted by Gasteiger charge is 2.24. The Morgan fingerprint density at radius 3 is 2.71 bits per heavy atom. The van der Waals surface area contributed by atoms with Gasteiger partial charge in [0, 0.05) is 11.6 Å². The van der Waals surface area contributed by atoms with Crippen molar-refractivity contribution in [1.29, 1.82) is 0 Å². The van der Waals surface area contributed by atoms with Gasteiger partial charge in [0.2, 0.25) is 5.91 Å². The number of benzene rings is 1. The van der Waals surface area contributed by atoms with Gasteiger partial charge in [0.05, 0.1) is 5.56 Å². The summed E-state index contributed by atoms with van der Waals surface area (Å²) >= 11 is 0. The Bertz CT molecular complexity index is 566. The molecule has 112 valence electrons. The molecule has 0 aromatic heterocycles. The zero-order valence-electron chi connectivity index (χ0n) is 12.2. The first-order valence-corrected chi connectivity index (χ1v) is 7.30. The number of amides is 1. The van der Waals surface area contributed by atoms with Gasteiger partial charge in [-0.15, -0.1) is 0 Å². The third-order valence-corrected chi connectivity index (χ3v) is 3.93. The second kappa shape index (κ2) is 7.24. The van der Waals surface area contributed by atoms with Gasteiger partial charge in [-0.05, 0) is 49.8 Å². The standard InChI is InChI=1S/C17H20FNO2/c1-12-4-6-14(7-5-12)17(21)19-15-9-8-13(3-2-10-20)16(18)11-15/h8-9,11-12,14,20H,4-7,10H2,1H3,(H,19,21). The van der Waals surface area contributed by atoms with Crippen LogP contribution in [0.4, 0.5) is 10.1 Å². The first kappa shape index (κ1) is 15.5. The maximum Gasteiger partial charge on any atom is 0.227 e. The number of hydrogen-bond donors (Lipinski definition) is 2. The maximum absolute atomic E-state index is 13.8. The van der Waals surface area contributed by atoms with E-state index in [1.54, 1.807) is 6.07 Å². The van der Waals surface area contributed by atoms with Gasteiger partial charge >= 0.3 is 0 Å². The normalized spacial score (nSPS) is 21.3.